The molecule has 1 saturated carbocycles. The molecule has 0 radical (unpaired) electrons. The van der Waals surface area contributed by atoms with E-state index in [0.717, 1.165) is 12.1 Å². The van der Waals surface area contributed by atoms with E-state index in [1.165, 1.54) is 31.7 Å². The van der Waals surface area contributed by atoms with Crippen LogP contribution in [0.4, 0.5) is 9.18 Å². The van der Waals surface area contributed by atoms with Gasteiger partial charge in [0, 0.05) is 18.2 Å². The van der Waals surface area contributed by atoms with Gasteiger partial charge < -0.3 is 20.9 Å². The summed E-state index contributed by atoms with van der Waals surface area (Å²) in [6.07, 6.45) is 3.83. The quantitative estimate of drug-likeness (QED) is 0.662. The van der Waals surface area contributed by atoms with Crippen LogP contribution >= 0.6 is 11.6 Å². The van der Waals surface area contributed by atoms with Crippen LogP contribution in [-0.4, -0.2) is 17.2 Å². The first-order valence-corrected chi connectivity index (χ1v) is 9.20. The van der Waals surface area contributed by atoms with E-state index in [2.05, 4.69) is 11.1 Å². The molecule has 146 valence electrons. The van der Waals surface area contributed by atoms with Gasteiger partial charge in [0.05, 0.1) is 5.02 Å². The maximum Gasteiger partial charge on any atom is 0.402 e. The van der Waals surface area contributed by atoms with Crippen molar-refractivity contribution in [2.24, 2.45) is 5.73 Å². The molecule has 0 unspecified atom stereocenters. The van der Waals surface area contributed by atoms with Gasteiger partial charge in [0.1, 0.15) is 18.2 Å². The summed E-state index contributed by atoms with van der Waals surface area (Å²) in [5.41, 5.74) is 5.69. The SMILES string of the molecule is Fc1ccccc1COc1ccc(CNC2CCCC2)cc1Cl.NC(=O)O. The van der Waals surface area contributed by atoms with E-state index in [0.29, 0.717) is 22.4 Å². The van der Waals surface area contributed by atoms with Crippen LogP contribution in [0.2, 0.25) is 5.02 Å². The van der Waals surface area contributed by atoms with E-state index in [1.807, 2.05) is 18.2 Å². The lowest BCUT2D eigenvalue weighted by atomic mass is 10.2. The number of carboxylic acid groups (broad SMARTS) is 1. The highest BCUT2D eigenvalue weighted by atomic mass is 35.5. The maximum absolute atomic E-state index is 13.6. The first-order chi connectivity index (χ1) is 13.0. The third-order valence-corrected chi connectivity index (χ3v) is 4.58. The van der Waals surface area contributed by atoms with Crippen molar-refractivity contribution in [2.45, 2.75) is 44.9 Å². The molecule has 1 aliphatic rings. The molecule has 0 atom stereocenters. The van der Waals surface area contributed by atoms with Gasteiger partial charge in [0.25, 0.3) is 0 Å². The second kappa shape index (κ2) is 10.7. The molecule has 2 aromatic rings. The Bertz CT molecular complexity index is 748. The molecule has 0 saturated heterocycles. The fourth-order valence-corrected chi connectivity index (χ4v) is 3.19. The standard InChI is InChI=1S/C19H21ClFNO.CH3NO2/c20-17-11-14(12-22-16-6-2-3-7-16)9-10-19(17)23-13-15-5-1-4-8-18(15)21;2-1(3)4/h1,4-5,8-11,16,22H,2-3,6-7,12-13H2;2H2,(H,3,4). The molecule has 5 nitrogen and oxygen atoms in total. The van der Waals surface area contributed by atoms with Crippen LogP contribution < -0.4 is 15.8 Å². The molecule has 7 heteroatoms. The summed E-state index contributed by atoms with van der Waals surface area (Å²) in [6.45, 7) is 0.990. The number of carbonyl (C=O) groups is 1. The number of amides is 1. The summed E-state index contributed by atoms with van der Waals surface area (Å²) in [5, 5.41) is 11.3. The molecular weight excluding hydrogens is 371 g/mol. The average molecular weight is 395 g/mol. The highest BCUT2D eigenvalue weighted by molar-refractivity contribution is 6.32. The summed E-state index contributed by atoms with van der Waals surface area (Å²) in [7, 11) is 0. The molecule has 0 aromatic heterocycles. The Labute approximate surface area is 163 Å². The van der Waals surface area contributed by atoms with Crippen LogP contribution in [0.1, 0.15) is 36.8 Å². The monoisotopic (exact) mass is 394 g/mol. The number of halogens is 2. The van der Waals surface area contributed by atoms with Gasteiger partial charge in [-0.25, -0.2) is 9.18 Å². The largest absolute Gasteiger partial charge is 0.487 e. The number of primary amides is 1. The van der Waals surface area contributed by atoms with Crippen LogP contribution in [0.15, 0.2) is 42.5 Å². The van der Waals surface area contributed by atoms with Gasteiger partial charge in [0.2, 0.25) is 0 Å². The van der Waals surface area contributed by atoms with Crippen LogP contribution in [0, 0.1) is 5.82 Å². The van der Waals surface area contributed by atoms with Crippen LogP contribution in [0.25, 0.3) is 0 Å². The number of nitrogens with two attached hydrogens (primary N) is 1. The Morgan fingerprint density at radius 2 is 1.93 bits per heavy atom. The minimum absolute atomic E-state index is 0.173. The average Bonchev–Trinajstić information content (AvgIpc) is 3.13. The van der Waals surface area contributed by atoms with E-state index in [1.54, 1.807) is 18.2 Å². The molecule has 2 aromatic carbocycles. The molecule has 1 fully saturated rings. The fraction of sp³-hybridized carbons (Fsp3) is 0.350. The molecule has 1 amide bonds. The summed E-state index contributed by atoms with van der Waals surface area (Å²) < 4.78 is 19.2. The second-order valence-electron chi connectivity index (χ2n) is 6.35. The summed E-state index contributed by atoms with van der Waals surface area (Å²) in [6, 6.07) is 13.0. The summed E-state index contributed by atoms with van der Waals surface area (Å²) >= 11 is 6.28. The number of hydrogen-bond donors (Lipinski definition) is 3. The van der Waals surface area contributed by atoms with Gasteiger partial charge in [-0.3, -0.25) is 0 Å². The number of hydrogen-bond acceptors (Lipinski definition) is 3. The van der Waals surface area contributed by atoms with Crippen molar-refractivity contribution in [2.75, 3.05) is 0 Å². The van der Waals surface area contributed by atoms with Gasteiger partial charge in [-0.2, -0.15) is 0 Å². The Morgan fingerprint density at radius 3 is 2.56 bits per heavy atom. The van der Waals surface area contributed by atoms with Crippen molar-refractivity contribution in [3.8, 4) is 5.75 Å². The van der Waals surface area contributed by atoms with Crippen molar-refractivity contribution in [1.82, 2.24) is 5.32 Å². The molecule has 1 aliphatic carbocycles. The molecular formula is C20H24ClFN2O3. The zero-order valence-corrected chi connectivity index (χ0v) is 15.7. The van der Waals surface area contributed by atoms with Gasteiger partial charge in [-0.05, 0) is 36.6 Å². The lowest BCUT2D eigenvalue weighted by molar-refractivity contribution is 0.205. The minimum Gasteiger partial charge on any atom is -0.487 e. The van der Waals surface area contributed by atoms with E-state index in [-0.39, 0.29) is 12.4 Å². The van der Waals surface area contributed by atoms with Crippen LogP contribution in [-0.2, 0) is 13.2 Å². The van der Waals surface area contributed by atoms with E-state index >= 15 is 0 Å². The third-order valence-electron chi connectivity index (χ3n) is 4.29. The fourth-order valence-electron chi connectivity index (χ4n) is 2.93. The number of ether oxygens (including phenoxy) is 1. The van der Waals surface area contributed by atoms with Gasteiger partial charge in [-0.1, -0.05) is 48.7 Å². The Kier molecular flexibility index (Phi) is 8.36. The van der Waals surface area contributed by atoms with Crippen molar-refractivity contribution < 1.29 is 19.0 Å². The van der Waals surface area contributed by atoms with E-state index in [9.17, 15) is 4.39 Å². The smallest absolute Gasteiger partial charge is 0.402 e. The Balaban J connectivity index is 0.000000596. The van der Waals surface area contributed by atoms with Crippen molar-refractivity contribution in [3.63, 3.8) is 0 Å². The molecule has 27 heavy (non-hydrogen) atoms. The summed E-state index contributed by atoms with van der Waals surface area (Å²) in [5.74, 6) is 0.320. The number of rotatable bonds is 6. The van der Waals surface area contributed by atoms with Gasteiger partial charge in [-0.15, -0.1) is 0 Å². The van der Waals surface area contributed by atoms with E-state index in [4.69, 9.17) is 26.2 Å². The highest BCUT2D eigenvalue weighted by Crippen LogP contribution is 2.27. The minimum atomic E-state index is -1.33. The number of nitrogens with one attached hydrogen (secondary N) is 1. The van der Waals surface area contributed by atoms with Crippen LogP contribution in [0.5, 0.6) is 5.75 Å². The van der Waals surface area contributed by atoms with Gasteiger partial charge in [0.15, 0.2) is 0 Å². The molecule has 0 aliphatic heterocycles. The highest BCUT2D eigenvalue weighted by Gasteiger charge is 2.14. The predicted octanol–water partition coefficient (Wildman–Crippen LogP) is 4.71. The Morgan fingerprint density at radius 1 is 1.26 bits per heavy atom. The molecule has 3 rings (SSSR count). The van der Waals surface area contributed by atoms with Gasteiger partial charge >= 0.3 is 6.09 Å². The number of benzene rings is 2. The Hall–Kier alpha value is -2.31. The molecule has 0 bridgehead atoms. The molecule has 4 N–H and O–H groups in total. The normalized spacial score (nSPS) is 13.7. The zero-order valence-electron chi connectivity index (χ0n) is 15.0. The maximum atomic E-state index is 13.6. The summed E-state index contributed by atoms with van der Waals surface area (Å²) in [4.78, 5) is 8.78. The first-order valence-electron chi connectivity index (χ1n) is 8.82. The van der Waals surface area contributed by atoms with Crippen molar-refractivity contribution >= 4 is 17.7 Å². The molecule has 0 heterocycles. The van der Waals surface area contributed by atoms with Crippen molar-refractivity contribution in [1.29, 1.82) is 0 Å². The molecule has 0 spiro atoms. The van der Waals surface area contributed by atoms with E-state index < -0.39 is 6.09 Å². The zero-order chi connectivity index (χ0) is 19.6. The van der Waals surface area contributed by atoms with Crippen LogP contribution in [0.3, 0.4) is 0 Å². The topological polar surface area (TPSA) is 84.6 Å². The predicted molar refractivity (Wildman–Crippen MR) is 103 cm³/mol. The lowest BCUT2D eigenvalue weighted by Gasteiger charge is -2.13. The second-order valence-corrected chi connectivity index (χ2v) is 6.75. The van der Waals surface area contributed by atoms with Crippen molar-refractivity contribution in [3.05, 3.63) is 64.4 Å². The third kappa shape index (κ3) is 7.45. The first kappa shape index (κ1) is 21.0. The lowest BCUT2D eigenvalue weighted by Crippen LogP contribution is -2.25.